The van der Waals surface area contributed by atoms with Crippen molar-refractivity contribution >= 4 is 23.8 Å². The molecule has 0 bridgehead atoms. The van der Waals surface area contributed by atoms with E-state index in [2.05, 4.69) is 16.1 Å². The number of alkyl carbamates (subject to hydrolysis) is 1. The number of ether oxygens (including phenoxy) is 1. The second-order valence-corrected chi connectivity index (χ2v) is 7.46. The fourth-order valence-electron chi connectivity index (χ4n) is 2.88. The average Bonchev–Trinajstić information content (AvgIpc) is 3.20. The van der Waals surface area contributed by atoms with Gasteiger partial charge in [0.25, 0.3) is 5.91 Å². The van der Waals surface area contributed by atoms with Crippen molar-refractivity contribution in [3.63, 3.8) is 0 Å². The summed E-state index contributed by atoms with van der Waals surface area (Å²) in [6, 6.07) is 7.55. The van der Waals surface area contributed by atoms with E-state index in [1.807, 2.05) is 44.2 Å². The first-order valence-electron chi connectivity index (χ1n) is 9.80. The molecule has 168 valence electrons. The number of hydrogen-bond donors (Lipinski definition) is 4. The maximum Gasteiger partial charge on any atom is 0.408 e. The predicted octanol–water partition coefficient (Wildman–Crippen LogP) is 1.27. The Morgan fingerprint density at radius 2 is 1.84 bits per heavy atom. The first-order valence-corrected chi connectivity index (χ1v) is 9.80. The number of amides is 2. The molecule has 0 saturated carbocycles. The van der Waals surface area contributed by atoms with Crippen LogP contribution >= 0.6 is 0 Å². The van der Waals surface area contributed by atoms with Gasteiger partial charge in [0, 0.05) is 0 Å². The fraction of sp³-hybridized carbons (Fsp3) is 0.429. The SMILES string of the molecule is CC(=O)[C@H](CC(=O)O)NC(=O)C1C=C([C@@H](NC(=O)OCc2ccccc2)C(C)C)NO1. The van der Waals surface area contributed by atoms with Crippen molar-refractivity contribution < 1.29 is 33.9 Å². The van der Waals surface area contributed by atoms with Crippen molar-refractivity contribution in [2.75, 3.05) is 0 Å². The molecule has 10 heteroatoms. The molecular weight excluding hydrogens is 406 g/mol. The van der Waals surface area contributed by atoms with Crippen molar-refractivity contribution in [2.24, 2.45) is 5.92 Å². The third-order valence-electron chi connectivity index (χ3n) is 4.57. The first-order chi connectivity index (χ1) is 14.7. The Balaban J connectivity index is 1.97. The Bertz CT molecular complexity index is 839. The topological polar surface area (TPSA) is 143 Å². The summed E-state index contributed by atoms with van der Waals surface area (Å²) in [5.41, 5.74) is 3.91. The number of carboxylic acids is 1. The highest BCUT2D eigenvalue weighted by Crippen LogP contribution is 2.17. The lowest BCUT2D eigenvalue weighted by Gasteiger charge is -2.23. The number of hydroxylamine groups is 1. The Hall–Kier alpha value is -3.40. The van der Waals surface area contributed by atoms with Gasteiger partial charge in [-0.15, -0.1) is 0 Å². The van der Waals surface area contributed by atoms with Gasteiger partial charge in [-0.25, -0.2) is 4.79 Å². The molecular formula is C21H27N3O7. The molecule has 0 spiro atoms. The summed E-state index contributed by atoms with van der Waals surface area (Å²) in [6.07, 6.45) is -0.776. The highest BCUT2D eigenvalue weighted by atomic mass is 16.7. The number of rotatable bonds is 10. The van der Waals surface area contributed by atoms with Gasteiger partial charge >= 0.3 is 12.1 Å². The van der Waals surface area contributed by atoms with Crippen LogP contribution in [-0.4, -0.2) is 47.0 Å². The van der Waals surface area contributed by atoms with Crippen LogP contribution in [0.5, 0.6) is 0 Å². The molecule has 0 fully saturated rings. The molecule has 1 unspecified atom stereocenters. The van der Waals surface area contributed by atoms with E-state index in [0.717, 1.165) is 5.56 Å². The second kappa shape index (κ2) is 11.1. The third kappa shape index (κ3) is 7.41. The zero-order valence-corrected chi connectivity index (χ0v) is 17.6. The van der Waals surface area contributed by atoms with Crippen molar-refractivity contribution in [1.82, 2.24) is 16.1 Å². The van der Waals surface area contributed by atoms with Crippen molar-refractivity contribution in [2.45, 2.75) is 52.0 Å². The predicted molar refractivity (Wildman–Crippen MR) is 109 cm³/mol. The van der Waals surface area contributed by atoms with Gasteiger partial charge in [0.15, 0.2) is 11.9 Å². The smallest absolute Gasteiger partial charge is 0.408 e. The van der Waals surface area contributed by atoms with Gasteiger partial charge < -0.3 is 20.5 Å². The summed E-state index contributed by atoms with van der Waals surface area (Å²) in [5, 5.41) is 14.0. The molecule has 4 N–H and O–H groups in total. The normalized spacial score (nSPS) is 17.2. The number of carboxylic acid groups (broad SMARTS) is 1. The van der Waals surface area contributed by atoms with Crippen LogP contribution in [0, 0.1) is 5.92 Å². The van der Waals surface area contributed by atoms with E-state index in [9.17, 15) is 19.2 Å². The van der Waals surface area contributed by atoms with Gasteiger partial charge in [0.05, 0.1) is 24.2 Å². The molecule has 2 amide bonds. The number of carbonyl (C=O) groups excluding carboxylic acids is 3. The zero-order valence-electron chi connectivity index (χ0n) is 17.6. The van der Waals surface area contributed by atoms with E-state index in [1.165, 1.54) is 13.0 Å². The minimum Gasteiger partial charge on any atom is -0.481 e. The van der Waals surface area contributed by atoms with E-state index < -0.39 is 48.4 Å². The van der Waals surface area contributed by atoms with Crippen LogP contribution in [-0.2, 0) is 30.6 Å². The molecule has 0 saturated heterocycles. The minimum absolute atomic E-state index is 0.0644. The standard InChI is InChI=1S/C21H27N3O7/c1-12(2)19(23-21(29)30-11-14-7-5-4-6-8-14)16-9-17(31-24-16)20(28)22-15(13(3)25)10-18(26)27/h4-9,12,15,17,19,24H,10-11H2,1-3H3,(H,22,28)(H,23,29)(H,26,27)/t15-,17?,19-/m0/s1. The minimum atomic E-state index is -1.21. The lowest BCUT2D eigenvalue weighted by atomic mass is 10.0. The molecule has 0 radical (unpaired) electrons. The lowest BCUT2D eigenvalue weighted by molar-refractivity contribution is -0.141. The summed E-state index contributed by atoms with van der Waals surface area (Å²) < 4.78 is 5.24. The van der Waals surface area contributed by atoms with E-state index in [-0.39, 0.29) is 12.5 Å². The van der Waals surface area contributed by atoms with Crippen LogP contribution in [0.3, 0.4) is 0 Å². The third-order valence-corrected chi connectivity index (χ3v) is 4.57. The van der Waals surface area contributed by atoms with Gasteiger partial charge in [-0.1, -0.05) is 44.2 Å². The van der Waals surface area contributed by atoms with Crippen LogP contribution in [0.25, 0.3) is 0 Å². The Morgan fingerprint density at radius 1 is 1.16 bits per heavy atom. The average molecular weight is 433 g/mol. The zero-order chi connectivity index (χ0) is 23.0. The first kappa shape index (κ1) is 23.9. The molecule has 3 atom stereocenters. The molecule has 1 heterocycles. The van der Waals surface area contributed by atoms with Gasteiger partial charge in [-0.2, -0.15) is 0 Å². The van der Waals surface area contributed by atoms with Gasteiger partial charge in [-0.05, 0) is 24.5 Å². The molecule has 1 aliphatic rings. The van der Waals surface area contributed by atoms with Gasteiger partial charge in [-0.3, -0.25) is 24.7 Å². The van der Waals surface area contributed by atoms with Crippen molar-refractivity contribution in [3.8, 4) is 0 Å². The highest BCUT2D eigenvalue weighted by molar-refractivity contribution is 5.92. The monoisotopic (exact) mass is 433 g/mol. The summed E-state index contributed by atoms with van der Waals surface area (Å²) in [7, 11) is 0. The highest BCUT2D eigenvalue weighted by Gasteiger charge is 2.32. The Labute approximate surface area is 179 Å². The molecule has 1 aromatic rings. The maximum absolute atomic E-state index is 12.4. The maximum atomic E-state index is 12.4. The number of hydrogen-bond acceptors (Lipinski definition) is 7. The Kier molecular flexibility index (Phi) is 8.56. The molecule has 31 heavy (non-hydrogen) atoms. The summed E-state index contributed by atoms with van der Waals surface area (Å²) >= 11 is 0. The van der Waals surface area contributed by atoms with Crippen molar-refractivity contribution in [1.29, 1.82) is 0 Å². The van der Waals surface area contributed by atoms with E-state index >= 15 is 0 Å². The van der Waals surface area contributed by atoms with Gasteiger partial charge in [0.1, 0.15) is 6.61 Å². The number of aliphatic carboxylic acids is 1. The quantitative estimate of drug-likeness (QED) is 0.432. The van der Waals surface area contributed by atoms with Crippen LogP contribution in [0.1, 0.15) is 32.8 Å². The van der Waals surface area contributed by atoms with Crippen LogP contribution < -0.4 is 16.1 Å². The Morgan fingerprint density at radius 3 is 2.42 bits per heavy atom. The number of benzene rings is 1. The number of ketones is 1. The second-order valence-electron chi connectivity index (χ2n) is 7.46. The molecule has 1 aliphatic heterocycles. The summed E-state index contributed by atoms with van der Waals surface area (Å²) in [6.45, 7) is 5.05. The van der Waals surface area contributed by atoms with Gasteiger partial charge in [0.2, 0.25) is 0 Å². The largest absolute Gasteiger partial charge is 0.481 e. The summed E-state index contributed by atoms with van der Waals surface area (Å²) in [4.78, 5) is 52.3. The van der Waals surface area contributed by atoms with E-state index in [4.69, 9.17) is 14.7 Å². The number of Topliss-reactive ketones (excluding diaryl/α,β-unsaturated/α-hetero) is 1. The molecule has 1 aromatic carbocycles. The molecule has 2 rings (SSSR count). The molecule has 0 aromatic heterocycles. The van der Waals surface area contributed by atoms with Crippen LogP contribution in [0.4, 0.5) is 4.79 Å². The van der Waals surface area contributed by atoms with Crippen LogP contribution in [0.15, 0.2) is 42.1 Å². The molecule has 10 nitrogen and oxygen atoms in total. The number of carbonyl (C=O) groups is 4. The lowest BCUT2D eigenvalue weighted by Crippen LogP contribution is -2.45. The van der Waals surface area contributed by atoms with Crippen LogP contribution in [0.2, 0.25) is 0 Å². The summed E-state index contributed by atoms with van der Waals surface area (Å²) in [5.74, 6) is -2.42. The molecule has 0 aliphatic carbocycles. The number of nitrogens with one attached hydrogen (secondary N) is 3. The fourth-order valence-corrected chi connectivity index (χ4v) is 2.88. The van der Waals surface area contributed by atoms with E-state index in [0.29, 0.717) is 5.70 Å². The van der Waals surface area contributed by atoms with Crippen molar-refractivity contribution in [3.05, 3.63) is 47.7 Å². The van der Waals surface area contributed by atoms with E-state index in [1.54, 1.807) is 0 Å².